The molecule has 2 heterocycles. The summed E-state index contributed by atoms with van der Waals surface area (Å²) in [6, 6.07) is 10.7. The molecule has 1 saturated heterocycles. The van der Waals surface area contributed by atoms with E-state index in [1.54, 1.807) is 0 Å². The van der Waals surface area contributed by atoms with Crippen molar-refractivity contribution in [1.29, 1.82) is 0 Å². The Morgan fingerprint density at radius 2 is 1.48 bits per heavy atom. The first-order chi connectivity index (χ1) is 13.2. The van der Waals surface area contributed by atoms with Crippen LogP contribution in [0.1, 0.15) is 25.7 Å². The van der Waals surface area contributed by atoms with Gasteiger partial charge in [-0.1, -0.05) is 31.0 Å². The van der Waals surface area contributed by atoms with Crippen molar-refractivity contribution in [3.05, 3.63) is 30.3 Å². The predicted octanol–water partition coefficient (Wildman–Crippen LogP) is 1.83. The zero-order valence-electron chi connectivity index (χ0n) is 15.8. The number of nitrogen functional groups attached to an aromatic ring is 2. The van der Waals surface area contributed by atoms with Crippen molar-refractivity contribution in [1.82, 2.24) is 19.9 Å². The number of nitrogens with one attached hydrogen (secondary N) is 1. The van der Waals surface area contributed by atoms with E-state index in [1.165, 1.54) is 31.5 Å². The van der Waals surface area contributed by atoms with Crippen molar-refractivity contribution in [2.45, 2.75) is 25.7 Å². The van der Waals surface area contributed by atoms with Gasteiger partial charge in [-0.3, -0.25) is 4.90 Å². The van der Waals surface area contributed by atoms with Gasteiger partial charge in [0, 0.05) is 38.4 Å². The second-order valence-corrected chi connectivity index (χ2v) is 6.88. The van der Waals surface area contributed by atoms with Crippen LogP contribution in [-0.2, 0) is 0 Å². The standard InChI is InChI=1S/C19H30N8/c20-17-23-18(21)25-19(24-17)22-10-6-1-2-7-11-26-12-14-27(15-13-26)16-8-4-3-5-9-16/h3-5,8-9H,1-2,6-7,10-15H2,(H5,20,21,22,23,24,25). The van der Waals surface area contributed by atoms with Gasteiger partial charge < -0.3 is 21.7 Å². The number of aromatic nitrogens is 3. The van der Waals surface area contributed by atoms with E-state index in [1.807, 2.05) is 0 Å². The molecule has 146 valence electrons. The maximum Gasteiger partial charge on any atom is 0.229 e. The number of nitrogens with two attached hydrogens (primary N) is 2. The van der Waals surface area contributed by atoms with Crippen molar-refractivity contribution >= 4 is 23.5 Å². The molecule has 0 atom stereocenters. The van der Waals surface area contributed by atoms with Gasteiger partial charge in [0.15, 0.2) is 0 Å². The molecule has 1 aromatic heterocycles. The average Bonchev–Trinajstić information content (AvgIpc) is 2.68. The lowest BCUT2D eigenvalue weighted by Crippen LogP contribution is -2.46. The molecule has 1 aliphatic heterocycles. The second-order valence-electron chi connectivity index (χ2n) is 6.88. The minimum absolute atomic E-state index is 0.150. The Morgan fingerprint density at radius 3 is 2.19 bits per heavy atom. The average molecular weight is 371 g/mol. The van der Waals surface area contributed by atoms with Gasteiger partial charge >= 0.3 is 0 Å². The number of nitrogens with zero attached hydrogens (tertiary/aromatic N) is 5. The molecule has 0 bridgehead atoms. The molecule has 1 fully saturated rings. The predicted molar refractivity (Wildman–Crippen MR) is 111 cm³/mol. The van der Waals surface area contributed by atoms with Gasteiger partial charge in [-0.25, -0.2) is 0 Å². The topological polar surface area (TPSA) is 109 Å². The zero-order valence-corrected chi connectivity index (χ0v) is 15.8. The minimum Gasteiger partial charge on any atom is -0.369 e. The molecule has 5 N–H and O–H groups in total. The molecule has 0 unspecified atom stereocenters. The van der Waals surface area contributed by atoms with Gasteiger partial charge in [0.25, 0.3) is 0 Å². The van der Waals surface area contributed by atoms with Crippen LogP contribution in [0.25, 0.3) is 0 Å². The summed E-state index contributed by atoms with van der Waals surface area (Å²) in [6.07, 6.45) is 4.75. The third-order valence-corrected chi connectivity index (χ3v) is 4.85. The molecule has 0 aliphatic carbocycles. The molecule has 1 aliphatic rings. The monoisotopic (exact) mass is 370 g/mol. The number of piperazine rings is 1. The van der Waals surface area contributed by atoms with Crippen LogP contribution in [0.4, 0.5) is 23.5 Å². The summed E-state index contributed by atoms with van der Waals surface area (Å²) in [5.74, 6) is 0.756. The normalized spacial score (nSPS) is 15.0. The fourth-order valence-corrected chi connectivity index (χ4v) is 3.37. The van der Waals surface area contributed by atoms with Crippen LogP contribution in [0.3, 0.4) is 0 Å². The summed E-state index contributed by atoms with van der Waals surface area (Å²) in [5.41, 5.74) is 12.4. The first kappa shape index (κ1) is 19.2. The molecule has 0 spiro atoms. The van der Waals surface area contributed by atoms with Gasteiger partial charge in [-0.2, -0.15) is 15.0 Å². The first-order valence-electron chi connectivity index (χ1n) is 9.74. The number of hydrogen-bond donors (Lipinski definition) is 3. The van der Waals surface area contributed by atoms with Crippen molar-refractivity contribution in [3.63, 3.8) is 0 Å². The molecule has 3 rings (SSSR count). The Kier molecular flexibility index (Phi) is 7.04. The van der Waals surface area contributed by atoms with E-state index in [2.05, 4.69) is 60.4 Å². The summed E-state index contributed by atoms with van der Waals surface area (Å²) in [5, 5.41) is 3.15. The fourth-order valence-electron chi connectivity index (χ4n) is 3.37. The van der Waals surface area contributed by atoms with E-state index in [0.717, 1.165) is 39.1 Å². The largest absolute Gasteiger partial charge is 0.369 e. The Hall–Kier alpha value is -2.61. The third kappa shape index (κ3) is 6.25. The van der Waals surface area contributed by atoms with Crippen molar-refractivity contribution in [2.24, 2.45) is 0 Å². The lowest BCUT2D eigenvalue weighted by atomic mass is 10.1. The number of anilines is 4. The lowest BCUT2D eigenvalue weighted by Gasteiger charge is -2.36. The molecule has 0 amide bonds. The number of hydrogen-bond acceptors (Lipinski definition) is 8. The summed E-state index contributed by atoms with van der Waals surface area (Å²) < 4.78 is 0. The van der Waals surface area contributed by atoms with Gasteiger partial charge in [-0.05, 0) is 31.5 Å². The molecule has 8 nitrogen and oxygen atoms in total. The molecule has 0 radical (unpaired) electrons. The minimum atomic E-state index is 0.150. The summed E-state index contributed by atoms with van der Waals surface area (Å²) >= 11 is 0. The molecular weight excluding hydrogens is 340 g/mol. The number of para-hydroxylation sites is 1. The summed E-state index contributed by atoms with van der Waals surface area (Å²) in [4.78, 5) is 16.8. The van der Waals surface area contributed by atoms with Crippen LogP contribution in [-0.4, -0.2) is 59.1 Å². The molecule has 8 heteroatoms. The van der Waals surface area contributed by atoms with Crippen LogP contribution in [0.15, 0.2) is 30.3 Å². The number of benzene rings is 1. The van der Waals surface area contributed by atoms with Gasteiger partial charge in [0.05, 0.1) is 0 Å². The van der Waals surface area contributed by atoms with E-state index in [-0.39, 0.29) is 11.9 Å². The van der Waals surface area contributed by atoms with Crippen LogP contribution in [0.5, 0.6) is 0 Å². The molecule has 0 saturated carbocycles. The third-order valence-electron chi connectivity index (χ3n) is 4.85. The van der Waals surface area contributed by atoms with E-state index < -0.39 is 0 Å². The van der Waals surface area contributed by atoms with Crippen LogP contribution in [0.2, 0.25) is 0 Å². The molecule has 1 aromatic carbocycles. The van der Waals surface area contributed by atoms with Crippen LogP contribution >= 0.6 is 0 Å². The lowest BCUT2D eigenvalue weighted by molar-refractivity contribution is 0.252. The first-order valence-corrected chi connectivity index (χ1v) is 9.74. The SMILES string of the molecule is Nc1nc(N)nc(NCCCCCCN2CCN(c3ccccc3)CC2)n1. The zero-order chi connectivity index (χ0) is 18.9. The van der Waals surface area contributed by atoms with E-state index in [0.29, 0.717) is 5.95 Å². The molecule has 2 aromatic rings. The Bertz CT molecular complexity index is 665. The van der Waals surface area contributed by atoms with E-state index in [4.69, 9.17) is 11.5 Å². The number of unbranched alkanes of at least 4 members (excludes halogenated alkanes) is 3. The van der Waals surface area contributed by atoms with Gasteiger partial charge in [0.2, 0.25) is 17.8 Å². The Balaban J connectivity index is 1.23. The second kappa shape index (κ2) is 9.91. The van der Waals surface area contributed by atoms with E-state index in [9.17, 15) is 0 Å². The molecule has 27 heavy (non-hydrogen) atoms. The maximum atomic E-state index is 5.55. The number of rotatable bonds is 9. The van der Waals surface area contributed by atoms with Gasteiger partial charge in [0.1, 0.15) is 0 Å². The quantitative estimate of drug-likeness (QED) is 0.574. The smallest absolute Gasteiger partial charge is 0.229 e. The Morgan fingerprint density at radius 1 is 0.815 bits per heavy atom. The van der Waals surface area contributed by atoms with Crippen molar-refractivity contribution < 1.29 is 0 Å². The molecular formula is C19H30N8. The maximum absolute atomic E-state index is 5.55. The van der Waals surface area contributed by atoms with Crippen LogP contribution in [0, 0.1) is 0 Å². The van der Waals surface area contributed by atoms with Gasteiger partial charge in [-0.15, -0.1) is 0 Å². The highest BCUT2D eigenvalue weighted by molar-refractivity contribution is 5.46. The summed E-state index contributed by atoms with van der Waals surface area (Å²) in [7, 11) is 0. The van der Waals surface area contributed by atoms with Crippen LogP contribution < -0.4 is 21.7 Å². The Labute approximate surface area is 161 Å². The highest BCUT2D eigenvalue weighted by atomic mass is 15.3. The summed E-state index contributed by atoms with van der Waals surface area (Å²) in [6.45, 7) is 6.55. The fraction of sp³-hybridized carbons (Fsp3) is 0.526. The highest BCUT2D eigenvalue weighted by Crippen LogP contribution is 2.16. The van der Waals surface area contributed by atoms with E-state index >= 15 is 0 Å². The van der Waals surface area contributed by atoms with Crippen molar-refractivity contribution in [3.8, 4) is 0 Å². The highest BCUT2D eigenvalue weighted by Gasteiger charge is 2.16. The van der Waals surface area contributed by atoms with Crippen molar-refractivity contribution in [2.75, 3.05) is 61.0 Å².